The molecule has 0 N–H and O–H groups in total. The summed E-state index contributed by atoms with van der Waals surface area (Å²) in [6, 6.07) is 11.4. The van der Waals surface area contributed by atoms with Crippen LogP contribution >= 0.6 is 0 Å². The van der Waals surface area contributed by atoms with Crippen LogP contribution < -0.4 is 4.74 Å². The fourth-order valence-corrected chi connectivity index (χ4v) is 3.49. The largest absolute Gasteiger partial charge is 0.493 e. The Morgan fingerprint density at radius 3 is 2.41 bits per heavy atom. The smallest absolute Gasteiger partial charge is 0.363 e. The summed E-state index contributed by atoms with van der Waals surface area (Å²) in [6.07, 6.45) is 1.60. The summed E-state index contributed by atoms with van der Waals surface area (Å²) in [6.45, 7) is 7.61. The Bertz CT molecular complexity index is 1030. The summed E-state index contributed by atoms with van der Waals surface area (Å²) in [5.74, 6) is -0.674. The molecule has 0 bridgehead atoms. The minimum Gasteiger partial charge on any atom is -0.493 e. The molecule has 2 heterocycles. The second-order valence-corrected chi connectivity index (χ2v) is 7.07. The van der Waals surface area contributed by atoms with E-state index in [1.54, 1.807) is 6.20 Å². The number of para-hydroxylation sites is 1. The van der Waals surface area contributed by atoms with Crippen LogP contribution in [0.25, 0.3) is 5.69 Å². The normalized spacial score (nSPS) is 11.0. The van der Waals surface area contributed by atoms with E-state index in [1.165, 1.54) is 11.8 Å². The van der Waals surface area contributed by atoms with E-state index >= 15 is 0 Å². The lowest BCUT2D eigenvalue weighted by molar-refractivity contribution is 0.0465. The average Bonchev–Trinajstić information content (AvgIpc) is 3.27. The Morgan fingerprint density at radius 1 is 1.14 bits per heavy atom. The maximum absolute atomic E-state index is 12.6. The SMILES string of the molecule is COc1cn(-c2ccccc2)nc1C(=O)OCC(=O)c1cc(C)n(C(C)C)c1C. The molecule has 29 heavy (non-hydrogen) atoms. The number of Topliss-reactive ketones (excluding diaryl/α,β-unsaturated/α-hetero) is 1. The Hall–Kier alpha value is -3.35. The number of carbonyl (C=O) groups excluding carboxylic acids is 2. The van der Waals surface area contributed by atoms with Gasteiger partial charge in [-0.3, -0.25) is 4.79 Å². The Labute approximate surface area is 169 Å². The number of aryl methyl sites for hydroxylation is 1. The zero-order valence-corrected chi connectivity index (χ0v) is 17.3. The average molecular weight is 395 g/mol. The highest BCUT2D eigenvalue weighted by molar-refractivity contribution is 6.00. The summed E-state index contributed by atoms with van der Waals surface area (Å²) in [4.78, 5) is 25.2. The molecule has 7 heteroatoms. The second-order valence-electron chi connectivity index (χ2n) is 7.07. The van der Waals surface area contributed by atoms with Gasteiger partial charge in [-0.15, -0.1) is 0 Å². The highest BCUT2D eigenvalue weighted by Gasteiger charge is 2.23. The van der Waals surface area contributed by atoms with Crippen molar-refractivity contribution >= 4 is 11.8 Å². The van der Waals surface area contributed by atoms with Crippen LogP contribution in [0.15, 0.2) is 42.6 Å². The lowest BCUT2D eigenvalue weighted by atomic mass is 10.1. The second kappa shape index (κ2) is 8.34. The number of methoxy groups -OCH3 is 1. The maximum atomic E-state index is 12.6. The number of hydrogen-bond acceptors (Lipinski definition) is 5. The van der Waals surface area contributed by atoms with Crippen LogP contribution in [0.4, 0.5) is 0 Å². The molecule has 0 radical (unpaired) electrons. The number of hydrogen-bond donors (Lipinski definition) is 0. The number of carbonyl (C=O) groups is 2. The van der Waals surface area contributed by atoms with Gasteiger partial charge >= 0.3 is 5.97 Å². The van der Waals surface area contributed by atoms with Gasteiger partial charge in [0.05, 0.1) is 19.0 Å². The van der Waals surface area contributed by atoms with Crippen LogP contribution in [-0.2, 0) is 4.74 Å². The van der Waals surface area contributed by atoms with E-state index < -0.39 is 5.97 Å². The fraction of sp³-hybridized carbons (Fsp3) is 0.318. The number of ether oxygens (including phenoxy) is 2. The number of esters is 1. The highest BCUT2D eigenvalue weighted by Crippen LogP contribution is 2.22. The van der Waals surface area contributed by atoms with E-state index in [0.717, 1.165) is 17.1 Å². The summed E-state index contributed by atoms with van der Waals surface area (Å²) in [5.41, 5.74) is 3.23. The van der Waals surface area contributed by atoms with Crippen LogP contribution in [0.5, 0.6) is 5.75 Å². The first-order chi connectivity index (χ1) is 13.8. The predicted octanol–water partition coefficient (Wildman–Crippen LogP) is 3.92. The van der Waals surface area contributed by atoms with E-state index in [9.17, 15) is 9.59 Å². The predicted molar refractivity (Wildman–Crippen MR) is 109 cm³/mol. The minimum absolute atomic E-state index is 0.0248. The summed E-state index contributed by atoms with van der Waals surface area (Å²) < 4.78 is 14.1. The van der Waals surface area contributed by atoms with E-state index in [1.807, 2.05) is 50.2 Å². The first-order valence-corrected chi connectivity index (χ1v) is 9.41. The van der Waals surface area contributed by atoms with E-state index in [-0.39, 0.29) is 29.9 Å². The molecule has 3 aromatic rings. The van der Waals surface area contributed by atoms with Crippen molar-refractivity contribution in [2.75, 3.05) is 13.7 Å². The lowest BCUT2D eigenvalue weighted by Crippen LogP contribution is -2.16. The Balaban J connectivity index is 1.75. The van der Waals surface area contributed by atoms with Crippen LogP contribution in [-0.4, -0.2) is 39.8 Å². The van der Waals surface area contributed by atoms with Gasteiger partial charge in [-0.2, -0.15) is 5.10 Å². The summed E-state index contributed by atoms with van der Waals surface area (Å²) in [7, 11) is 1.45. The minimum atomic E-state index is -0.706. The van der Waals surface area contributed by atoms with Crippen LogP contribution in [0.2, 0.25) is 0 Å². The number of ketones is 1. The van der Waals surface area contributed by atoms with Crippen molar-refractivity contribution in [2.24, 2.45) is 0 Å². The molecule has 0 fully saturated rings. The van der Waals surface area contributed by atoms with Gasteiger partial charge in [-0.05, 0) is 45.9 Å². The molecule has 0 aliphatic heterocycles. The molecule has 0 aliphatic rings. The van der Waals surface area contributed by atoms with Gasteiger partial charge in [-0.25, -0.2) is 9.48 Å². The summed E-state index contributed by atoms with van der Waals surface area (Å²) in [5, 5.41) is 4.26. The fourth-order valence-electron chi connectivity index (χ4n) is 3.49. The van der Waals surface area contributed by atoms with Gasteiger partial charge in [0.15, 0.2) is 12.4 Å². The number of nitrogens with zero attached hydrogens (tertiary/aromatic N) is 3. The van der Waals surface area contributed by atoms with Gasteiger partial charge in [0.1, 0.15) is 0 Å². The molecule has 7 nitrogen and oxygen atoms in total. The molecular formula is C22H25N3O4. The van der Waals surface area contributed by atoms with E-state index in [2.05, 4.69) is 23.5 Å². The molecule has 3 rings (SSSR count). The quantitative estimate of drug-likeness (QED) is 0.448. The molecule has 0 aliphatic carbocycles. The van der Waals surface area contributed by atoms with Crippen molar-refractivity contribution in [2.45, 2.75) is 33.7 Å². The lowest BCUT2D eigenvalue weighted by Gasteiger charge is -2.13. The molecule has 0 saturated heterocycles. The standard InChI is InChI=1S/C22H25N3O4/c1-14(2)25-15(3)11-18(16(25)4)19(26)13-29-22(27)21-20(28-5)12-24(23-21)17-9-7-6-8-10-17/h6-12,14H,13H2,1-5H3. The van der Waals surface area contributed by atoms with E-state index in [4.69, 9.17) is 9.47 Å². The molecule has 0 amide bonds. The van der Waals surface area contributed by atoms with Gasteiger partial charge in [0.2, 0.25) is 11.5 Å². The first-order valence-electron chi connectivity index (χ1n) is 9.41. The number of aromatic nitrogens is 3. The van der Waals surface area contributed by atoms with E-state index in [0.29, 0.717) is 5.56 Å². The molecule has 0 saturated carbocycles. The molecular weight excluding hydrogens is 370 g/mol. The van der Waals surface area contributed by atoms with Crippen molar-refractivity contribution in [1.82, 2.24) is 14.3 Å². The Morgan fingerprint density at radius 2 is 1.83 bits per heavy atom. The topological polar surface area (TPSA) is 75.4 Å². The Kier molecular flexibility index (Phi) is 5.87. The molecule has 0 atom stereocenters. The van der Waals surface area contributed by atoms with Crippen LogP contribution in [0.3, 0.4) is 0 Å². The zero-order chi connectivity index (χ0) is 21.1. The van der Waals surface area contributed by atoms with Crippen molar-refractivity contribution in [3.8, 4) is 11.4 Å². The molecule has 1 aromatic carbocycles. The molecule has 2 aromatic heterocycles. The monoisotopic (exact) mass is 395 g/mol. The van der Waals surface area contributed by atoms with Crippen LogP contribution in [0.1, 0.15) is 52.1 Å². The van der Waals surface area contributed by atoms with Gasteiger partial charge in [0.25, 0.3) is 0 Å². The van der Waals surface area contributed by atoms with Crippen molar-refractivity contribution in [3.63, 3.8) is 0 Å². The number of benzene rings is 1. The van der Waals surface area contributed by atoms with Crippen molar-refractivity contribution < 1.29 is 19.1 Å². The summed E-state index contributed by atoms with van der Waals surface area (Å²) >= 11 is 0. The molecule has 0 unspecified atom stereocenters. The van der Waals surface area contributed by atoms with Gasteiger partial charge < -0.3 is 14.0 Å². The zero-order valence-electron chi connectivity index (χ0n) is 17.3. The van der Waals surface area contributed by atoms with Crippen LogP contribution in [0, 0.1) is 13.8 Å². The highest BCUT2D eigenvalue weighted by atomic mass is 16.5. The van der Waals surface area contributed by atoms with Crippen molar-refractivity contribution in [1.29, 1.82) is 0 Å². The third-order valence-corrected chi connectivity index (χ3v) is 4.75. The number of rotatable bonds is 7. The van der Waals surface area contributed by atoms with Gasteiger partial charge in [-0.1, -0.05) is 18.2 Å². The maximum Gasteiger partial charge on any atom is 0.363 e. The van der Waals surface area contributed by atoms with Gasteiger partial charge in [0, 0.05) is 23.0 Å². The first kappa shape index (κ1) is 20.4. The third kappa shape index (κ3) is 4.08. The van der Waals surface area contributed by atoms with Crippen molar-refractivity contribution in [3.05, 3.63) is 65.2 Å². The molecule has 0 spiro atoms. The molecule has 152 valence electrons. The third-order valence-electron chi connectivity index (χ3n) is 4.75.